The largest absolute Gasteiger partial charge is 0.504 e. The van der Waals surface area contributed by atoms with E-state index >= 15 is 0 Å². The Hall–Kier alpha value is -2.05. The maximum absolute atomic E-state index is 10.2. The number of ether oxygens (including phenoxy) is 2. The molecule has 2 rings (SSSR count). The molecule has 1 heterocycles. The summed E-state index contributed by atoms with van der Waals surface area (Å²) in [5.74, 6) is 0.684. The van der Waals surface area contributed by atoms with Gasteiger partial charge in [-0.2, -0.15) is 5.10 Å². The fourth-order valence-electron chi connectivity index (χ4n) is 2.35. The molecule has 6 heteroatoms. The Bertz CT molecular complexity index is 598. The Balaban J connectivity index is 2.12. The highest BCUT2D eigenvalue weighted by atomic mass is 16.5. The van der Waals surface area contributed by atoms with E-state index in [0.717, 1.165) is 24.2 Å². The van der Waals surface area contributed by atoms with Crippen LogP contribution in [-0.4, -0.2) is 47.2 Å². The van der Waals surface area contributed by atoms with Crippen molar-refractivity contribution in [3.63, 3.8) is 0 Å². The fraction of sp³-hybridized carbons (Fsp3) is 0.438. The van der Waals surface area contributed by atoms with Gasteiger partial charge in [0.15, 0.2) is 11.5 Å². The molecule has 0 saturated carbocycles. The zero-order chi connectivity index (χ0) is 15.9. The summed E-state index contributed by atoms with van der Waals surface area (Å²) >= 11 is 0. The lowest BCUT2D eigenvalue weighted by atomic mass is 10.1. The van der Waals surface area contributed by atoms with Crippen LogP contribution in [0.4, 0.5) is 0 Å². The van der Waals surface area contributed by atoms with Gasteiger partial charge in [-0.1, -0.05) is 12.1 Å². The molecule has 0 amide bonds. The molecule has 0 radical (unpaired) electrons. The second-order valence-corrected chi connectivity index (χ2v) is 5.19. The Morgan fingerprint density at radius 3 is 2.73 bits per heavy atom. The fourth-order valence-corrected chi connectivity index (χ4v) is 2.35. The Morgan fingerprint density at radius 1 is 1.27 bits per heavy atom. The number of aryl methyl sites for hydroxylation is 1. The van der Waals surface area contributed by atoms with Gasteiger partial charge in [0, 0.05) is 51.1 Å². The molecule has 6 nitrogen and oxygen atoms in total. The standard InChI is InChI=1S/C16H23N3O3/c1-18-10-13(9-17-18)11-19(7-8-21-2)12-14-5-4-6-15(22-3)16(14)20/h4-6,9-10,20H,7-8,11-12H2,1-3H3. The number of hydrogen-bond donors (Lipinski definition) is 1. The van der Waals surface area contributed by atoms with E-state index in [1.807, 2.05) is 31.6 Å². The van der Waals surface area contributed by atoms with Gasteiger partial charge in [0.1, 0.15) is 0 Å². The molecule has 0 aliphatic rings. The van der Waals surface area contributed by atoms with Gasteiger partial charge in [-0.3, -0.25) is 9.58 Å². The van der Waals surface area contributed by atoms with Crippen molar-refractivity contribution in [1.82, 2.24) is 14.7 Å². The van der Waals surface area contributed by atoms with Gasteiger partial charge < -0.3 is 14.6 Å². The smallest absolute Gasteiger partial charge is 0.162 e. The van der Waals surface area contributed by atoms with E-state index in [4.69, 9.17) is 9.47 Å². The molecular weight excluding hydrogens is 282 g/mol. The molecule has 0 unspecified atom stereocenters. The number of methoxy groups -OCH3 is 2. The minimum Gasteiger partial charge on any atom is -0.504 e. The van der Waals surface area contributed by atoms with E-state index in [9.17, 15) is 5.11 Å². The van der Waals surface area contributed by atoms with Crippen molar-refractivity contribution in [2.45, 2.75) is 13.1 Å². The Labute approximate surface area is 130 Å². The maximum Gasteiger partial charge on any atom is 0.162 e. The Morgan fingerprint density at radius 2 is 2.09 bits per heavy atom. The third-order valence-corrected chi connectivity index (χ3v) is 3.47. The van der Waals surface area contributed by atoms with Crippen LogP contribution in [0.25, 0.3) is 0 Å². The van der Waals surface area contributed by atoms with Crippen LogP contribution in [0.15, 0.2) is 30.6 Å². The van der Waals surface area contributed by atoms with Crippen LogP contribution in [-0.2, 0) is 24.9 Å². The summed E-state index contributed by atoms with van der Waals surface area (Å²) in [5, 5.41) is 14.4. The minimum absolute atomic E-state index is 0.193. The molecule has 0 saturated heterocycles. The normalized spacial score (nSPS) is 11.1. The number of benzene rings is 1. The van der Waals surface area contributed by atoms with Crippen LogP contribution < -0.4 is 4.74 Å². The molecular formula is C16H23N3O3. The molecule has 22 heavy (non-hydrogen) atoms. The molecule has 120 valence electrons. The second kappa shape index (κ2) is 7.82. The van der Waals surface area contributed by atoms with Gasteiger partial charge in [0.2, 0.25) is 0 Å². The molecule has 0 bridgehead atoms. The van der Waals surface area contributed by atoms with E-state index in [1.54, 1.807) is 25.0 Å². The van der Waals surface area contributed by atoms with Gasteiger partial charge in [-0.15, -0.1) is 0 Å². The third kappa shape index (κ3) is 4.22. The molecule has 0 aliphatic carbocycles. The first-order chi connectivity index (χ1) is 10.6. The van der Waals surface area contributed by atoms with Crippen molar-refractivity contribution in [1.29, 1.82) is 0 Å². The van der Waals surface area contributed by atoms with Gasteiger partial charge in [-0.25, -0.2) is 0 Å². The van der Waals surface area contributed by atoms with E-state index in [1.165, 1.54) is 0 Å². The van der Waals surface area contributed by atoms with E-state index in [0.29, 0.717) is 18.9 Å². The van der Waals surface area contributed by atoms with Crippen LogP contribution in [0.5, 0.6) is 11.5 Å². The number of phenolic OH excluding ortho intramolecular Hbond substituents is 1. The lowest BCUT2D eigenvalue weighted by Crippen LogP contribution is -2.26. The van der Waals surface area contributed by atoms with Crippen LogP contribution in [0.2, 0.25) is 0 Å². The van der Waals surface area contributed by atoms with E-state index < -0.39 is 0 Å². The number of nitrogens with zero attached hydrogens (tertiary/aromatic N) is 3. The van der Waals surface area contributed by atoms with Gasteiger partial charge in [-0.05, 0) is 6.07 Å². The summed E-state index contributed by atoms with van der Waals surface area (Å²) in [6.07, 6.45) is 3.84. The van der Waals surface area contributed by atoms with Crippen molar-refractivity contribution in [2.75, 3.05) is 27.4 Å². The zero-order valence-electron chi connectivity index (χ0n) is 13.3. The summed E-state index contributed by atoms with van der Waals surface area (Å²) in [6, 6.07) is 5.53. The van der Waals surface area contributed by atoms with E-state index in [2.05, 4.69) is 10.00 Å². The number of hydrogen-bond acceptors (Lipinski definition) is 5. The first-order valence-corrected chi connectivity index (χ1v) is 7.17. The summed E-state index contributed by atoms with van der Waals surface area (Å²) < 4.78 is 12.1. The molecule has 1 aromatic carbocycles. The topological polar surface area (TPSA) is 59.8 Å². The monoisotopic (exact) mass is 305 g/mol. The van der Waals surface area contributed by atoms with Crippen molar-refractivity contribution < 1.29 is 14.6 Å². The van der Waals surface area contributed by atoms with Crippen molar-refractivity contribution in [3.8, 4) is 11.5 Å². The van der Waals surface area contributed by atoms with Crippen LogP contribution >= 0.6 is 0 Å². The minimum atomic E-state index is 0.193. The molecule has 0 atom stereocenters. The molecule has 0 spiro atoms. The summed E-state index contributed by atoms with van der Waals surface area (Å²) in [5.41, 5.74) is 1.96. The maximum atomic E-state index is 10.2. The van der Waals surface area contributed by atoms with Crippen molar-refractivity contribution in [2.24, 2.45) is 7.05 Å². The van der Waals surface area contributed by atoms with Crippen LogP contribution in [0, 0.1) is 0 Å². The highest BCUT2D eigenvalue weighted by Gasteiger charge is 2.13. The molecule has 2 aromatic rings. The molecule has 0 aliphatic heterocycles. The Kier molecular flexibility index (Phi) is 5.80. The average molecular weight is 305 g/mol. The number of phenols is 1. The lowest BCUT2D eigenvalue weighted by molar-refractivity contribution is 0.139. The van der Waals surface area contributed by atoms with Crippen molar-refractivity contribution in [3.05, 3.63) is 41.7 Å². The molecule has 1 aromatic heterocycles. The van der Waals surface area contributed by atoms with Gasteiger partial charge in [0.25, 0.3) is 0 Å². The third-order valence-electron chi connectivity index (χ3n) is 3.47. The van der Waals surface area contributed by atoms with Crippen molar-refractivity contribution >= 4 is 0 Å². The average Bonchev–Trinajstić information content (AvgIpc) is 2.92. The zero-order valence-corrected chi connectivity index (χ0v) is 13.3. The molecule has 1 N–H and O–H groups in total. The van der Waals surface area contributed by atoms with Gasteiger partial charge in [0.05, 0.1) is 19.9 Å². The molecule has 0 fully saturated rings. The summed E-state index contributed by atoms with van der Waals surface area (Å²) in [7, 11) is 5.14. The second-order valence-electron chi connectivity index (χ2n) is 5.19. The summed E-state index contributed by atoms with van der Waals surface area (Å²) in [4.78, 5) is 2.20. The predicted molar refractivity (Wildman–Crippen MR) is 83.9 cm³/mol. The predicted octanol–water partition coefficient (Wildman–Crippen LogP) is 1.78. The SMILES string of the molecule is COCCN(Cc1cnn(C)c1)Cc1cccc(OC)c1O. The van der Waals surface area contributed by atoms with E-state index in [-0.39, 0.29) is 5.75 Å². The van der Waals surface area contributed by atoms with Gasteiger partial charge >= 0.3 is 0 Å². The first kappa shape index (κ1) is 16.3. The number of rotatable bonds is 8. The first-order valence-electron chi connectivity index (χ1n) is 7.17. The highest BCUT2D eigenvalue weighted by molar-refractivity contribution is 5.45. The van der Waals surface area contributed by atoms with Crippen LogP contribution in [0.3, 0.4) is 0 Å². The quantitative estimate of drug-likeness (QED) is 0.805. The number of aromatic hydroxyl groups is 1. The number of para-hydroxylation sites is 1. The summed E-state index contributed by atoms with van der Waals surface area (Å²) in [6.45, 7) is 2.75. The van der Waals surface area contributed by atoms with Crippen LogP contribution in [0.1, 0.15) is 11.1 Å². The highest BCUT2D eigenvalue weighted by Crippen LogP contribution is 2.30. The lowest BCUT2D eigenvalue weighted by Gasteiger charge is -2.22. The number of aromatic nitrogens is 2.